The third-order valence-corrected chi connectivity index (χ3v) is 3.61. The number of piperidine rings is 1. The molecule has 18 heavy (non-hydrogen) atoms. The van der Waals surface area contributed by atoms with Crippen molar-refractivity contribution in [1.29, 1.82) is 0 Å². The molecule has 2 rings (SSSR count). The molecule has 100 valence electrons. The van der Waals surface area contributed by atoms with E-state index >= 15 is 0 Å². The van der Waals surface area contributed by atoms with E-state index in [9.17, 15) is 0 Å². The van der Waals surface area contributed by atoms with Gasteiger partial charge in [-0.25, -0.2) is 0 Å². The van der Waals surface area contributed by atoms with Crippen molar-refractivity contribution in [2.24, 2.45) is 0 Å². The molecular formula is C15H24N2O. The summed E-state index contributed by atoms with van der Waals surface area (Å²) in [7, 11) is 2.22. The zero-order chi connectivity index (χ0) is 12.8. The maximum atomic E-state index is 5.51. The molecule has 0 spiro atoms. The van der Waals surface area contributed by atoms with Gasteiger partial charge in [0.25, 0.3) is 0 Å². The third kappa shape index (κ3) is 3.64. The van der Waals surface area contributed by atoms with Crippen molar-refractivity contribution >= 4 is 5.69 Å². The van der Waals surface area contributed by atoms with Crippen LogP contribution in [0.25, 0.3) is 0 Å². The van der Waals surface area contributed by atoms with Crippen LogP contribution in [0.15, 0.2) is 24.3 Å². The number of benzene rings is 1. The lowest BCUT2D eigenvalue weighted by Gasteiger charge is -2.32. The lowest BCUT2D eigenvalue weighted by molar-refractivity contribution is 0.194. The van der Waals surface area contributed by atoms with Crippen LogP contribution in [0.5, 0.6) is 5.75 Å². The summed E-state index contributed by atoms with van der Waals surface area (Å²) < 4.78 is 5.51. The number of likely N-dealkylation sites (N-methyl/N-ethyl adjacent to an activating group) is 1. The quantitative estimate of drug-likeness (QED) is 0.867. The number of likely N-dealkylation sites (tertiary alicyclic amines) is 1. The van der Waals surface area contributed by atoms with Gasteiger partial charge in [0.15, 0.2) is 0 Å². The van der Waals surface area contributed by atoms with Gasteiger partial charge in [-0.3, -0.25) is 0 Å². The summed E-state index contributed by atoms with van der Waals surface area (Å²) in [5.41, 5.74) is 1.15. The minimum atomic E-state index is 0.662. The molecule has 1 unspecified atom stereocenters. The maximum absolute atomic E-state index is 5.51. The molecule has 1 heterocycles. The molecule has 0 radical (unpaired) electrons. The lowest BCUT2D eigenvalue weighted by Crippen LogP contribution is -2.40. The van der Waals surface area contributed by atoms with E-state index in [1.807, 2.05) is 19.1 Å². The minimum Gasteiger partial charge on any atom is -0.494 e. The normalized spacial score (nSPS) is 20.7. The number of nitrogens with zero attached hydrogens (tertiary/aromatic N) is 1. The Bertz CT molecular complexity index is 367. The Kier molecular flexibility index (Phi) is 4.88. The van der Waals surface area contributed by atoms with Crippen molar-refractivity contribution in [1.82, 2.24) is 4.90 Å². The molecule has 0 amide bonds. The van der Waals surface area contributed by atoms with E-state index in [1.54, 1.807) is 0 Å². The van der Waals surface area contributed by atoms with Crippen LogP contribution in [0.4, 0.5) is 5.69 Å². The first-order valence-corrected chi connectivity index (χ1v) is 6.96. The van der Waals surface area contributed by atoms with Crippen LogP contribution in [-0.4, -0.2) is 37.7 Å². The second-order valence-electron chi connectivity index (χ2n) is 4.97. The van der Waals surface area contributed by atoms with Crippen molar-refractivity contribution in [2.45, 2.75) is 32.2 Å². The molecule has 0 bridgehead atoms. The molecule has 1 saturated heterocycles. The molecular weight excluding hydrogens is 224 g/mol. The Labute approximate surface area is 110 Å². The van der Waals surface area contributed by atoms with Gasteiger partial charge in [0.1, 0.15) is 5.75 Å². The zero-order valence-corrected chi connectivity index (χ0v) is 11.5. The average molecular weight is 248 g/mol. The van der Waals surface area contributed by atoms with Crippen LogP contribution in [0.2, 0.25) is 0 Å². The fourth-order valence-corrected chi connectivity index (χ4v) is 2.50. The standard InChI is InChI=1S/C15H24N2O/c1-3-18-15-9-6-7-13(11-15)16-12-14-8-4-5-10-17(14)2/h6-7,9,11,14,16H,3-5,8,10,12H2,1-2H3. The Morgan fingerprint density at radius 3 is 3.06 bits per heavy atom. The summed E-state index contributed by atoms with van der Waals surface area (Å²) in [5, 5.41) is 3.52. The topological polar surface area (TPSA) is 24.5 Å². The van der Waals surface area contributed by atoms with E-state index < -0.39 is 0 Å². The highest BCUT2D eigenvalue weighted by Gasteiger charge is 2.18. The Morgan fingerprint density at radius 1 is 1.39 bits per heavy atom. The van der Waals surface area contributed by atoms with Crippen LogP contribution in [-0.2, 0) is 0 Å². The Balaban J connectivity index is 1.87. The van der Waals surface area contributed by atoms with E-state index in [0.717, 1.165) is 24.6 Å². The van der Waals surface area contributed by atoms with Crippen molar-refractivity contribution in [3.63, 3.8) is 0 Å². The molecule has 3 heteroatoms. The smallest absolute Gasteiger partial charge is 0.121 e. The van der Waals surface area contributed by atoms with Gasteiger partial charge in [-0.15, -0.1) is 0 Å². The number of rotatable bonds is 5. The lowest BCUT2D eigenvalue weighted by atomic mass is 10.0. The van der Waals surface area contributed by atoms with Crippen LogP contribution >= 0.6 is 0 Å². The SMILES string of the molecule is CCOc1cccc(NCC2CCCCN2C)c1. The van der Waals surface area contributed by atoms with E-state index in [-0.39, 0.29) is 0 Å². The van der Waals surface area contributed by atoms with Crippen molar-refractivity contribution in [3.05, 3.63) is 24.3 Å². The summed E-state index contributed by atoms with van der Waals surface area (Å²) in [6.07, 6.45) is 4.00. The molecule has 1 atom stereocenters. The van der Waals surface area contributed by atoms with E-state index in [1.165, 1.54) is 25.8 Å². The largest absolute Gasteiger partial charge is 0.494 e. The minimum absolute atomic E-state index is 0.662. The summed E-state index contributed by atoms with van der Waals surface area (Å²) in [6.45, 7) is 4.98. The van der Waals surface area contributed by atoms with Gasteiger partial charge in [0.05, 0.1) is 6.61 Å². The van der Waals surface area contributed by atoms with Crippen LogP contribution in [0, 0.1) is 0 Å². The van der Waals surface area contributed by atoms with Crippen molar-refractivity contribution in [2.75, 3.05) is 32.1 Å². The van der Waals surface area contributed by atoms with Crippen LogP contribution in [0.3, 0.4) is 0 Å². The molecule has 0 aliphatic carbocycles. The van der Waals surface area contributed by atoms with E-state index in [0.29, 0.717) is 6.04 Å². The van der Waals surface area contributed by atoms with Gasteiger partial charge in [0.2, 0.25) is 0 Å². The van der Waals surface area contributed by atoms with Crippen molar-refractivity contribution < 1.29 is 4.74 Å². The van der Waals surface area contributed by atoms with Crippen molar-refractivity contribution in [3.8, 4) is 5.75 Å². The molecule has 1 fully saturated rings. The maximum Gasteiger partial charge on any atom is 0.121 e. The van der Waals surface area contributed by atoms with Gasteiger partial charge in [-0.05, 0) is 45.5 Å². The fraction of sp³-hybridized carbons (Fsp3) is 0.600. The Morgan fingerprint density at radius 2 is 2.28 bits per heavy atom. The molecule has 0 saturated carbocycles. The molecule has 0 aromatic heterocycles. The fourth-order valence-electron chi connectivity index (χ4n) is 2.50. The van der Waals surface area contributed by atoms with E-state index in [4.69, 9.17) is 4.74 Å². The second-order valence-corrected chi connectivity index (χ2v) is 4.97. The first-order valence-electron chi connectivity index (χ1n) is 6.96. The third-order valence-electron chi connectivity index (χ3n) is 3.61. The highest BCUT2D eigenvalue weighted by molar-refractivity contribution is 5.48. The highest BCUT2D eigenvalue weighted by atomic mass is 16.5. The molecule has 1 aliphatic heterocycles. The van der Waals surface area contributed by atoms with Crippen LogP contribution < -0.4 is 10.1 Å². The second kappa shape index (κ2) is 6.64. The molecule has 1 aromatic carbocycles. The monoisotopic (exact) mass is 248 g/mol. The van der Waals surface area contributed by atoms with Gasteiger partial charge >= 0.3 is 0 Å². The predicted octanol–water partition coefficient (Wildman–Crippen LogP) is 2.98. The number of anilines is 1. The molecule has 3 nitrogen and oxygen atoms in total. The molecule has 1 N–H and O–H groups in total. The average Bonchev–Trinajstić information content (AvgIpc) is 2.39. The first-order chi connectivity index (χ1) is 8.79. The summed E-state index contributed by atoms with van der Waals surface area (Å²) >= 11 is 0. The highest BCUT2D eigenvalue weighted by Crippen LogP contribution is 2.19. The first kappa shape index (κ1) is 13.2. The van der Waals surface area contributed by atoms with Gasteiger partial charge in [-0.1, -0.05) is 12.5 Å². The number of hydrogen-bond donors (Lipinski definition) is 1. The summed E-state index contributed by atoms with van der Waals surface area (Å²) in [4.78, 5) is 2.46. The summed E-state index contributed by atoms with van der Waals surface area (Å²) in [6, 6.07) is 8.88. The van der Waals surface area contributed by atoms with Gasteiger partial charge in [0, 0.05) is 24.3 Å². The Hall–Kier alpha value is -1.22. The van der Waals surface area contributed by atoms with E-state index in [2.05, 4.69) is 29.4 Å². The number of hydrogen-bond acceptors (Lipinski definition) is 3. The number of ether oxygens (including phenoxy) is 1. The zero-order valence-electron chi connectivity index (χ0n) is 11.5. The number of nitrogens with one attached hydrogen (secondary N) is 1. The van der Waals surface area contributed by atoms with Gasteiger partial charge in [-0.2, -0.15) is 0 Å². The molecule has 1 aliphatic rings. The molecule has 1 aromatic rings. The predicted molar refractivity (Wildman–Crippen MR) is 76.4 cm³/mol. The van der Waals surface area contributed by atoms with Gasteiger partial charge < -0.3 is 15.0 Å². The summed E-state index contributed by atoms with van der Waals surface area (Å²) in [5.74, 6) is 0.944. The van der Waals surface area contributed by atoms with Crippen LogP contribution in [0.1, 0.15) is 26.2 Å².